The Balaban J connectivity index is 1.90. The van der Waals surface area contributed by atoms with Crippen LogP contribution >= 0.6 is 0 Å². The van der Waals surface area contributed by atoms with Crippen LogP contribution in [0.2, 0.25) is 0 Å². The van der Waals surface area contributed by atoms with Gasteiger partial charge < -0.3 is 15.6 Å². The first kappa shape index (κ1) is 19.4. The average Bonchev–Trinajstić information content (AvgIpc) is 2.62. The minimum absolute atomic E-state index is 0.284. The largest absolute Gasteiger partial charge is 0.396 e. The van der Waals surface area contributed by atoms with Gasteiger partial charge in [-0.3, -0.25) is 0 Å². The molecule has 136 valence electrons. The molecule has 0 aliphatic heterocycles. The molecular weight excluding hydrogens is 298 g/mol. The number of rotatable bonds is 11. The van der Waals surface area contributed by atoms with Crippen LogP contribution < -0.4 is 5.73 Å². The van der Waals surface area contributed by atoms with Crippen LogP contribution in [-0.2, 0) is 17.6 Å². The summed E-state index contributed by atoms with van der Waals surface area (Å²) >= 11 is 0. The van der Waals surface area contributed by atoms with Crippen LogP contribution in [0.3, 0.4) is 0 Å². The van der Waals surface area contributed by atoms with E-state index in [1.165, 1.54) is 48.8 Å². The molecule has 1 aliphatic rings. The number of nitrogens with two attached hydrogens (primary N) is 1. The van der Waals surface area contributed by atoms with Gasteiger partial charge in [0, 0.05) is 19.8 Å². The molecule has 1 aromatic rings. The molecule has 0 aromatic heterocycles. The van der Waals surface area contributed by atoms with Crippen molar-refractivity contribution < 1.29 is 9.84 Å². The van der Waals surface area contributed by atoms with E-state index in [0.717, 1.165) is 38.4 Å². The Labute approximate surface area is 147 Å². The fraction of sp³-hybridized carbons (Fsp3) is 0.714. The van der Waals surface area contributed by atoms with E-state index in [0.29, 0.717) is 12.5 Å². The Morgan fingerprint density at radius 2 is 2.12 bits per heavy atom. The molecular formula is C21H35NO2. The topological polar surface area (TPSA) is 55.5 Å². The van der Waals surface area contributed by atoms with Crippen molar-refractivity contribution in [3.8, 4) is 0 Å². The molecule has 1 aliphatic carbocycles. The molecule has 0 unspecified atom stereocenters. The van der Waals surface area contributed by atoms with Gasteiger partial charge in [0.25, 0.3) is 0 Å². The molecule has 1 aromatic carbocycles. The second-order valence-corrected chi connectivity index (χ2v) is 7.13. The molecule has 3 N–H and O–H groups in total. The number of aryl methyl sites for hydroxylation is 1. The fourth-order valence-corrected chi connectivity index (χ4v) is 3.89. The average molecular weight is 334 g/mol. The molecule has 2 rings (SSSR count). The molecule has 0 saturated carbocycles. The van der Waals surface area contributed by atoms with E-state index in [4.69, 9.17) is 15.6 Å². The van der Waals surface area contributed by atoms with Crippen molar-refractivity contribution in [2.24, 2.45) is 11.7 Å². The number of benzene rings is 1. The summed E-state index contributed by atoms with van der Waals surface area (Å²) in [7, 11) is 0. The van der Waals surface area contributed by atoms with Gasteiger partial charge in [-0.15, -0.1) is 0 Å². The van der Waals surface area contributed by atoms with Gasteiger partial charge in [-0.2, -0.15) is 0 Å². The van der Waals surface area contributed by atoms with Crippen molar-refractivity contribution >= 4 is 0 Å². The van der Waals surface area contributed by atoms with Crippen LogP contribution in [0.15, 0.2) is 18.2 Å². The monoisotopic (exact) mass is 333 g/mol. The predicted molar refractivity (Wildman–Crippen MR) is 100 cm³/mol. The van der Waals surface area contributed by atoms with Gasteiger partial charge in [-0.25, -0.2) is 0 Å². The summed E-state index contributed by atoms with van der Waals surface area (Å²) in [5.41, 5.74) is 10.5. The molecule has 0 heterocycles. The Kier molecular flexibility index (Phi) is 8.79. The lowest BCUT2D eigenvalue weighted by Crippen LogP contribution is -2.17. The summed E-state index contributed by atoms with van der Waals surface area (Å²) in [5, 5.41) is 8.96. The van der Waals surface area contributed by atoms with Gasteiger partial charge in [0.05, 0.1) is 0 Å². The van der Waals surface area contributed by atoms with Crippen molar-refractivity contribution in [1.82, 2.24) is 0 Å². The number of aliphatic hydroxyl groups is 1. The molecule has 2 atom stereocenters. The SMILES string of the molecule is CCOCCC[C@H]1CCc2cc([C@H](CN)CCCCO)ccc2C1. The molecule has 0 saturated heterocycles. The van der Waals surface area contributed by atoms with E-state index in [1.54, 1.807) is 0 Å². The van der Waals surface area contributed by atoms with Gasteiger partial charge in [0.1, 0.15) is 0 Å². The maximum atomic E-state index is 8.96. The smallest absolute Gasteiger partial charge is 0.0465 e. The molecule has 0 spiro atoms. The number of fused-ring (bicyclic) bond motifs is 1. The maximum absolute atomic E-state index is 8.96. The van der Waals surface area contributed by atoms with Gasteiger partial charge in [0.2, 0.25) is 0 Å². The molecule has 0 amide bonds. The first-order valence-electron chi connectivity index (χ1n) is 9.78. The summed E-state index contributed by atoms with van der Waals surface area (Å²) < 4.78 is 5.46. The van der Waals surface area contributed by atoms with E-state index in [1.807, 2.05) is 0 Å². The van der Waals surface area contributed by atoms with Gasteiger partial charge >= 0.3 is 0 Å². The molecule has 0 radical (unpaired) electrons. The van der Waals surface area contributed by atoms with Crippen LogP contribution in [-0.4, -0.2) is 31.5 Å². The molecule has 0 fully saturated rings. The van der Waals surface area contributed by atoms with E-state index in [2.05, 4.69) is 25.1 Å². The van der Waals surface area contributed by atoms with Crippen molar-refractivity contribution in [2.75, 3.05) is 26.4 Å². The minimum atomic E-state index is 0.284. The van der Waals surface area contributed by atoms with E-state index >= 15 is 0 Å². The first-order valence-corrected chi connectivity index (χ1v) is 9.78. The third-order valence-electron chi connectivity index (χ3n) is 5.38. The van der Waals surface area contributed by atoms with E-state index in [-0.39, 0.29) is 6.61 Å². The third-order valence-corrected chi connectivity index (χ3v) is 5.38. The van der Waals surface area contributed by atoms with E-state index < -0.39 is 0 Å². The first-order chi connectivity index (χ1) is 11.8. The van der Waals surface area contributed by atoms with Crippen molar-refractivity contribution in [3.05, 3.63) is 34.9 Å². The maximum Gasteiger partial charge on any atom is 0.0465 e. The normalized spacial score (nSPS) is 18.4. The number of hydrogen-bond donors (Lipinski definition) is 2. The zero-order valence-electron chi connectivity index (χ0n) is 15.3. The molecule has 3 heteroatoms. The Morgan fingerprint density at radius 1 is 1.25 bits per heavy atom. The lowest BCUT2D eigenvalue weighted by Gasteiger charge is -2.26. The summed E-state index contributed by atoms with van der Waals surface area (Å²) in [5.74, 6) is 1.25. The summed E-state index contributed by atoms with van der Waals surface area (Å²) in [4.78, 5) is 0. The van der Waals surface area contributed by atoms with Gasteiger partial charge in [-0.1, -0.05) is 24.6 Å². The highest BCUT2D eigenvalue weighted by molar-refractivity contribution is 5.36. The molecule has 24 heavy (non-hydrogen) atoms. The van der Waals surface area contributed by atoms with Crippen molar-refractivity contribution in [3.63, 3.8) is 0 Å². The summed E-state index contributed by atoms with van der Waals surface area (Å²) in [6, 6.07) is 7.04. The van der Waals surface area contributed by atoms with Crippen LogP contribution in [0.1, 0.15) is 68.1 Å². The lowest BCUT2D eigenvalue weighted by atomic mass is 9.80. The second-order valence-electron chi connectivity index (χ2n) is 7.13. The Bertz CT molecular complexity index is 475. The number of unbranched alkanes of at least 4 members (excludes halogenated alkanes) is 1. The van der Waals surface area contributed by atoms with E-state index in [9.17, 15) is 0 Å². The predicted octanol–water partition coefficient (Wildman–Crippen LogP) is 3.81. The highest BCUT2D eigenvalue weighted by Gasteiger charge is 2.20. The zero-order valence-corrected chi connectivity index (χ0v) is 15.3. The Hall–Kier alpha value is -0.900. The third kappa shape index (κ3) is 5.87. The highest BCUT2D eigenvalue weighted by atomic mass is 16.5. The van der Waals surface area contributed by atoms with Gasteiger partial charge in [0.15, 0.2) is 0 Å². The minimum Gasteiger partial charge on any atom is -0.396 e. The van der Waals surface area contributed by atoms with Crippen molar-refractivity contribution in [1.29, 1.82) is 0 Å². The molecule has 0 bridgehead atoms. The summed E-state index contributed by atoms with van der Waals surface area (Å²) in [6.07, 6.45) is 9.22. The Morgan fingerprint density at radius 3 is 2.88 bits per heavy atom. The quantitative estimate of drug-likeness (QED) is 0.605. The molecule has 3 nitrogen and oxygen atoms in total. The van der Waals surface area contributed by atoms with Gasteiger partial charge in [-0.05, 0) is 86.9 Å². The number of ether oxygens (including phenoxy) is 1. The number of hydrogen-bond acceptors (Lipinski definition) is 3. The van der Waals surface area contributed by atoms with Crippen LogP contribution in [0, 0.1) is 5.92 Å². The lowest BCUT2D eigenvalue weighted by molar-refractivity contribution is 0.138. The van der Waals surface area contributed by atoms with Crippen LogP contribution in [0.4, 0.5) is 0 Å². The highest BCUT2D eigenvalue weighted by Crippen LogP contribution is 2.31. The van der Waals surface area contributed by atoms with Crippen LogP contribution in [0.5, 0.6) is 0 Å². The standard InChI is InChI=1S/C21H35NO2/c1-2-24-13-5-6-17-8-9-19-15-20(11-10-18(19)14-17)21(16-22)7-3-4-12-23/h10-11,15,17,21,23H,2-9,12-14,16,22H2,1H3/t17-,21-/m0/s1. The number of aliphatic hydroxyl groups excluding tert-OH is 1. The fourth-order valence-electron chi connectivity index (χ4n) is 3.89. The van der Waals surface area contributed by atoms with Crippen molar-refractivity contribution in [2.45, 2.75) is 64.2 Å². The zero-order chi connectivity index (χ0) is 17.2. The summed E-state index contributed by atoms with van der Waals surface area (Å²) in [6.45, 7) is 4.78. The van der Waals surface area contributed by atoms with Crippen LogP contribution in [0.25, 0.3) is 0 Å². The second kappa shape index (κ2) is 10.9.